The van der Waals surface area contributed by atoms with Crippen molar-refractivity contribution in [3.8, 4) is 11.5 Å². The maximum atomic E-state index is 13.5. The SMILES string of the molecule is Cc1ccc(N(CCc2cncn2Cc2ccc3c(c2)OCO3)C(=S)NCc2ccccc2C(F)(F)F)cc1. The van der Waals surface area contributed by atoms with E-state index in [2.05, 4.69) is 14.9 Å². The van der Waals surface area contributed by atoms with Crippen LogP contribution in [-0.2, 0) is 25.7 Å². The van der Waals surface area contributed by atoms with Gasteiger partial charge in [0.2, 0.25) is 6.79 Å². The predicted molar refractivity (Wildman–Crippen MR) is 147 cm³/mol. The Labute approximate surface area is 230 Å². The fourth-order valence-corrected chi connectivity index (χ4v) is 4.72. The van der Waals surface area contributed by atoms with E-state index in [0.29, 0.717) is 24.6 Å². The van der Waals surface area contributed by atoms with Gasteiger partial charge in [0.15, 0.2) is 16.6 Å². The molecule has 39 heavy (non-hydrogen) atoms. The Kier molecular flexibility index (Phi) is 7.74. The summed E-state index contributed by atoms with van der Waals surface area (Å²) in [5, 5.41) is 3.39. The lowest BCUT2D eigenvalue weighted by atomic mass is 10.1. The molecule has 0 amide bonds. The number of hydrogen-bond donors (Lipinski definition) is 1. The Balaban J connectivity index is 1.30. The van der Waals surface area contributed by atoms with E-state index in [1.807, 2.05) is 60.5 Å². The molecule has 10 heteroatoms. The number of aromatic nitrogens is 2. The molecule has 0 aliphatic carbocycles. The van der Waals surface area contributed by atoms with Gasteiger partial charge in [0, 0.05) is 43.6 Å². The second-order valence-electron chi connectivity index (χ2n) is 9.25. The van der Waals surface area contributed by atoms with Crippen LogP contribution in [0.5, 0.6) is 11.5 Å². The number of rotatable bonds is 8. The summed E-state index contributed by atoms with van der Waals surface area (Å²) in [6.07, 6.45) is -0.233. The largest absolute Gasteiger partial charge is 0.454 e. The number of ether oxygens (including phenoxy) is 2. The number of benzene rings is 3. The van der Waals surface area contributed by atoms with Crippen LogP contribution in [0.3, 0.4) is 0 Å². The maximum absolute atomic E-state index is 13.5. The summed E-state index contributed by atoms with van der Waals surface area (Å²) in [5.41, 5.74) is 3.46. The summed E-state index contributed by atoms with van der Waals surface area (Å²) in [6, 6.07) is 19.2. The van der Waals surface area contributed by atoms with E-state index in [0.717, 1.165) is 40.1 Å². The lowest BCUT2D eigenvalue weighted by Crippen LogP contribution is -2.41. The number of hydrogen-bond acceptors (Lipinski definition) is 4. The van der Waals surface area contributed by atoms with Gasteiger partial charge in [0.1, 0.15) is 0 Å². The first-order valence-electron chi connectivity index (χ1n) is 12.4. The zero-order chi connectivity index (χ0) is 27.4. The third-order valence-corrected chi connectivity index (χ3v) is 6.89. The van der Waals surface area contributed by atoms with Crippen LogP contribution in [0.2, 0.25) is 0 Å². The average molecular weight is 553 g/mol. The smallest absolute Gasteiger partial charge is 0.416 e. The van der Waals surface area contributed by atoms with Crippen molar-refractivity contribution in [2.45, 2.75) is 32.6 Å². The average Bonchev–Trinajstić information content (AvgIpc) is 3.57. The maximum Gasteiger partial charge on any atom is 0.416 e. The first kappa shape index (κ1) is 26.6. The second kappa shape index (κ2) is 11.4. The van der Waals surface area contributed by atoms with Crippen molar-refractivity contribution in [2.24, 2.45) is 0 Å². The number of imidazole rings is 1. The molecule has 3 aromatic carbocycles. The topological polar surface area (TPSA) is 51.6 Å². The van der Waals surface area contributed by atoms with Crippen LogP contribution in [0.4, 0.5) is 18.9 Å². The third kappa shape index (κ3) is 6.34. The molecule has 0 unspecified atom stereocenters. The molecule has 0 spiro atoms. The number of anilines is 1. The monoisotopic (exact) mass is 552 g/mol. The Hall–Kier alpha value is -4.05. The summed E-state index contributed by atoms with van der Waals surface area (Å²) < 4.78 is 53.4. The van der Waals surface area contributed by atoms with Gasteiger partial charge < -0.3 is 24.3 Å². The van der Waals surface area contributed by atoms with Crippen molar-refractivity contribution < 1.29 is 22.6 Å². The lowest BCUT2D eigenvalue weighted by molar-refractivity contribution is -0.138. The quantitative estimate of drug-likeness (QED) is 0.266. The standard InChI is InChI=1S/C29H27F3N4O2S/c1-20-6-9-23(10-7-20)36(28(39)34-15-22-4-2-3-5-25(22)29(30,31)32)13-12-24-16-33-18-35(24)17-21-8-11-26-27(14-21)38-19-37-26/h2-11,14,16,18H,12-13,15,17,19H2,1H3,(H,34,39). The minimum atomic E-state index is -4.44. The van der Waals surface area contributed by atoms with E-state index in [4.69, 9.17) is 21.7 Å². The van der Waals surface area contributed by atoms with Crippen molar-refractivity contribution >= 4 is 23.0 Å². The fraction of sp³-hybridized carbons (Fsp3) is 0.241. The molecule has 1 N–H and O–H groups in total. The zero-order valence-electron chi connectivity index (χ0n) is 21.2. The van der Waals surface area contributed by atoms with E-state index < -0.39 is 11.7 Å². The number of nitrogens with one attached hydrogen (secondary N) is 1. The number of fused-ring (bicyclic) bond motifs is 1. The van der Waals surface area contributed by atoms with Crippen LogP contribution in [-0.4, -0.2) is 28.0 Å². The highest BCUT2D eigenvalue weighted by molar-refractivity contribution is 7.80. The number of thiocarbonyl (C=S) groups is 1. The molecular formula is C29H27F3N4O2S. The highest BCUT2D eigenvalue weighted by Crippen LogP contribution is 2.33. The van der Waals surface area contributed by atoms with Gasteiger partial charge in [0.25, 0.3) is 0 Å². The third-order valence-electron chi connectivity index (χ3n) is 6.52. The van der Waals surface area contributed by atoms with Gasteiger partial charge in [-0.3, -0.25) is 0 Å². The lowest BCUT2D eigenvalue weighted by Gasteiger charge is -2.27. The van der Waals surface area contributed by atoms with Crippen LogP contribution in [0.15, 0.2) is 79.3 Å². The zero-order valence-corrected chi connectivity index (χ0v) is 22.1. The normalized spacial score (nSPS) is 12.4. The van der Waals surface area contributed by atoms with Gasteiger partial charge in [-0.15, -0.1) is 0 Å². The molecule has 4 aromatic rings. The van der Waals surface area contributed by atoms with Crippen LogP contribution in [0, 0.1) is 6.92 Å². The van der Waals surface area contributed by atoms with Gasteiger partial charge in [-0.05, 0) is 60.6 Å². The van der Waals surface area contributed by atoms with Crippen molar-refractivity contribution in [3.63, 3.8) is 0 Å². The minimum absolute atomic E-state index is 0.0427. The summed E-state index contributed by atoms with van der Waals surface area (Å²) in [6.45, 7) is 3.28. The Bertz CT molecular complexity index is 1450. The van der Waals surface area contributed by atoms with Crippen molar-refractivity contribution in [2.75, 3.05) is 18.2 Å². The van der Waals surface area contributed by atoms with Gasteiger partial charge in [0.05, 0.1) is 11.9 Å². The summed E-state index contributed by atoms with van der Waals surface area (Å²) in [5.74, 6) is 1.46. The Morgan fingerprint density at radius 1 is 1.05 bits per heavy atom. The molecule has 1 aromatic heterocycles. The molecular weight excluding hydrogens is 525 g/mol. The van der Waals surface area contributed by atoms with Crippen LogP contribution in [0.1, 0.15) is 27.9 Å². The molecule has 1 aliphatic heterocycles. The van der Waals surface area contributed by atoms with E-state index in [9.17, 15) is 13.2 Å². The molecule has 2 heterocycles. The van der Waals surface area contributed by atoms with Gasteiger partial charge in [-0.2, -0.15) is 13.2 Å². The van der Waals surface area contributed by atoms with Crippen LogP contribution >= 0.6 is 12.2 Å². The van der Waals surface area contributed by atoms with Crippen molar-refractivity contribution in [1.82, 2.24) is 14.9 Å². The van der Waals surface area contributed by atoms with Crippen molar-refractivity contribution in [1.29, 1.82) is 0 Å². The predicted octanol–water partition coefficient (Wildman–Crippen LogP) is 6.11. The molecule has 202 valence electrons. The highest BCUT2D eigenvalue weighted by atomic mass is 32.1. The molecule has 0 saturated heterocycles. The molecule has 0 fully saturated rings. The van der Waals surface area contributed by atoms with E-state index >= 15 is 0 Å². The Morgan fingerprint density at radius 2 is 1.82 bits per heavy atom. The summed E-state index contributed by atoms with van der Waals surface area (Å²) >= 11 is 5.69. The van der Waals surface area contributed by atoms with Gasteiger partial charge >= 0.3 is 6.18 Å². The van der Waals surface area contributed by atoms with Gasteiger partial charge in [-0.1, -0.05) is 42.0 Å². The Morgan fingerprint density at radius 3 is 2.62 bits per heavy atom. The molecule has 1 aliphatic rings. The van der Waals surface area contributed by atoms with E-state index in [1.165, 1.54) is 12.1 Å². The van der Waals surface area contributed by atoms with Crippen LogP contribution < -0.4 is 19.7 Å². The second-order valence-corrected chi connectivity index (χ2v) is 9.64. The first-order chi connectivity index (χ1) is 18.8. The molecule has 0 bridgehead atoms. The fourth-order valence-electron chi connectivity index (χ4n) is 4.45. The molecule has 5 rings (SSSR count). The van der Waals surface area contributed by atoms with E-state index in [1.54, 1.807) is 12.4 Å². The molecule has 0 saturated carbocycles. The highest BCUT2D eigenvalue weighted by Gasteiger charge is 2.32. The first-order valence-corrected chi connectivity index (χ1v) is 12.8. The number of nitrogens with zero attached hydrogens (tertiary/aromatic N) is 3. The number of alkyl halides is 3. The molecule has 0 atom stereocenters. The summed E-state index contributed by atoms with van der Waals surface area (Å²) in [4.78, 5) is 6.25. The van der Waals surface area contributed by atoms with E-state index in [-0.39, 0.29) is 18.9 Å². The molecule has 0 radical (unpaired) electrons. The number of aryl methyl sites for hydroxylation is 1. The summed E-state index contributed by atoms with van der Waals surface area (Å²) in [7, 11) is 0. The van der Waals surface area contributed by atoms with Crippen LogP contribution in [0.25, 0.3) is 0 Å². The minimum Gasteiger partial charge on any atom is -0.454 e. The van der Waals surface area contributed by atoms with Gasteiger partial charge in [-0.25, -0.2) is 4.98 Å². The van der Waals surface area contributed by atoms with Crippen molar-refractivity contribution in [3.05, 3.63) is 107 Å². The number of halogens is 3. The molecule has 6 nitrogen and oxygen atoms in total.